The minimum atomic E-state index is -0.0258. The Kier molecular flexibility index (Phi) is 6.35. The van der Waals surface area contributed by atoms with E-state index in [9.17, 15) is 10.1 Å². The fourth-order valence-corrected chi connectivity index (χ4v) is 3.81. The van der Waals surface area contributed by atoms with Crippen molar-refractivity contribution < 1.29 is 9.21 Å². The summed E-state index contributed by atoms with van der Waals surface area (Å²) in [5.41, 5.74) is 2.23. The van der Waals surface area contributed by atoms with Crippen molar-refractivity contribution in [1.29, 1.82) is 5.26 Å². The molecule has 0 saturated carbocycles. The summed E-state index contributed by atoms with van der Waals surface area (Å²) in [5.74, 6) is 2.23. The quantitative estimate of drug-likeness (QED) is 0.542. The minimum absolute atomic E-state index is 0.0258. The Balaban J connectivity index is 1.38. The van der Waals surface area contributed by atoms with Gasteiger partial charge in [-0.1, -0.05) is 6.07 Å². The number of benzene rings is 1. The van der Waals surface area contributed by atoms with E-state index in [1.165, 1.54) is 4.80 Å². The molecule has 0 aliphatic carbocycles. The molecule has 10 heteroatoms. The van der Waals surface area contributed by atoms with Crippen LogP contribution in [0.2, 0.25) is 0 Å². The lowest BCUT2D eigenvalue weighted by atomic mass is 9.93. The first-order valence-corrected chi connectivity index (χ1v) is 10.5. The summed E-state index contributed by atoms with van der Waals surface area (Å²) >= 11 is 0. The van der Waals surface area contributed by atoms with Crippen LogP contribution in [0.15, 0.2) is 28.7 Å². The van der Waals surface area contributed by atoms with E-state index in [0.29, 0.717) is 48.7 Å². The average molecular weight is 432 g/mol. The molecule has 2 aromatic heterocycles. The number of likely N-dealkylation sites (tertiary alicyclic amines) is 1. The standard InChI is InChI=1S/C22H24N8O2/c1-15-24-28-30(27-15)14-20-11-18(13-23)3-4-19(20)5-6-22(31)29-9-7-17(8-10-29)12-21-26-25-16(2)32-21/h3-6,11,17H,7-10,12,14H2,1-2H3/b6-5+. The van der Waals surface area contributed by atoms with Crippen LogP contribution < -0.4 is 0 Å². The number of tetrazole rings is 1. The second-order valence-corrected chi connectivity index (χ2v) is 7.91. The zero-order chi connectivity index (χ0) is 22.5. The molecule has 0 radical (unpaired) electrons. The van der Waals surface area contributed by atoms with Crippen LogP contribution in [0.25, 0.3) is 6.08 Å². The number of carbonyl (C=O) groups excluding carboxylic acids is 1. The van der Waals surface area contributed by atoms with Gasteiger partial charge in [0.1, 0.15) is 0 Å². The summed E-state index contributed by atoms with van der Waals surface area (Å²) in [6.45, 7) is 5.31. The van der Waals surface area contributed by atoms with Gasteiger partial charge in [-0.25, -0.2) is 0 Å². The molecule has 10 nitrogen and oxygen atoms in total. The van der Waals surface area contributed by atoms with Crippen molar-refractivity contribution in [2.75, 3.05) is 13.1 Å². The van der Waals surface area contributed by atoms with E-state index in [4.69, 9.17) is 4.42 Å². The average Bonchev–Trinajstić information content (AvgIpc) is 3.40. The molecule has 4 rings (SSSR count). The first kappa shape index (κ1) is 21.4. The van der Waals surface area contributed by atoms with Gasteiger partial charge in [0.05, 0.1) is 18.2 Å². The van der Waals surface area contributed by atoms with Gasteiger partial charge in [-0.15, -0.1) is 20.4 Å². The Hall–Kier alpha value is -3.87. The Morgan fingerprint density at radius 2 is 2.06 bits per heavy atom. The third-order valence-corrected chi connectivity index (χ3v) is 5.50. The molecule has 0 spiro atoms. The lowest BCUT2D eigenvalue weighted by Crippen LogP contribution is -2.38. The highest BCUT2D eigenvalue weighted by atomic mass is 16.4. The minimum Gasteiger partial charge on any atom is -0.426 e. The molecule has 0 unspecified atom stereocenters. The number of aromatic nitrogens is 6. The van der Waals surface area contributed by atoms with Gasteiger partial charge in [0.25, 0.3) is 0 Å². The smallest absolute Gasteiger partial charge is 0.246 e. The van der Waals surface area contributed by atoms with Crippen LogP contribution in [0, 0.1) is 31.1 Å². The van der Waals surface area contributed by atoms with E-state index < -0.39 is 0 Å². The van der Waals surface area contributed by atoms with E-state index >= 15 is 0 Å². The number of rotatable bonds is 6. The monoisotopic (exact) mass is 432 g/mol. The van der Waals surface area contributed by atoms with Crippen molar-refractivity contribution >= 4 is 12.0 Å². The molecule has 0 bridgehead atoms. The number of hydrogen-bond donors (Lipinski definition) is 0. The van der Waals surface area contributed by atoms with Gasteiger partial charge in [-0.3, -0.25) is 4.79 Å². The molecule has 1 saturated heterocycles. The topological polar surface area (TPSA) is 127 Å². The zero-order valence-electron chi connectivity index (χ0n) is 18.1. The molecule has 1 aliphatic rings. The number of amides is 1. The van der Waals surface area contributed by atoms with Gasteiger partial charge >= 0.3 is 0 Å². The Morgan fingerprint density at radius 3 is 2.72 bits per heavy atom. The molecule has 3 heterocycles. The first-order valence-electron chi connectivity index (χ1n) is 10.5. The maximum absolute atomic E-state index is 12.7. The van der Waals surface area contributed by atoms with Crippen LogP contribution in [0.4, 0.5) is 0 Å². The number of piperidine rings is 1. The lowest BCUT2D eigenvalue weighted by Gasteiger charge is -2.30. The van der Waals surface area contributed by atoms with Crippen LogP contribution in [-0.4, -0.2) is 54.3 Å². The second-order valence-electron chi connectivity index (χ2n) is 7.91. The molecular formula is C22H24N8O2. The summed E-state index contributed by atoms with van der Waals surface area (Å²) in [7, 11) is 0. The zero-order valence-corrected chi connectivity index (χ0v) is 18.1. The van der Waals surface area contributed by atoms with Crippen molar-refractivity contribution in [2.45, 2.75) is 39.7 Å². The maximum atomic E-state index is 12.7. The number of hydrogen-bond acceptors (Lipinski definition) is 8. The molecule has 164 valence electrons. The van der Waals surface area contributed by atoms with E-state index in [2.05, 4.69) is 31.7 Å². The van der Waals surface area contributed by atoms with Gasteiger partial charge < -0.3 is 9.32 Å². The van der Waals surface area contributed by atoms with Gasteiger partial charge in [-0.2, -0.15) is 10.1 Å². The Labute approximate surface area is 185 Å². The van der Waals surface area contributed by atoms with E-state index in [1.807, 2.05) is 11.0 Å². The molecular weight excluding hydrogens is 408 g/mol. The largest absolute Gasteiger partial charge is 0.426 e. The van der Waals surface area contributed by atoms with Crippen molar-refractivity contribution in [1.82, 2.24) is 35.3 Å². The Morgan fingerprint density at radius 1 is 1.25 bits per heavy atom. The highest BCUT2D eigenvalue weighted by Crippen LogP contribution is 2.22. The number of nitrogens with zero attached hydrogens (tertiary/aromatic N) is 8. The van der Waals surface area contributed by atoms with Crippen molar-refractivity contribution in [3.8, 4) is 6.07 Å². The summed E-state index contributed by atoms with van der Waals surface area (Å²) in [6.07, 6.45) is 5.94. The van der Waals surface area contributed by atoms with E-state index in [0.717, 1.165) is 30.4 Å². The molecule has 1 fully saturated rings. The van der Waals surface area contributed by atoms with E-state index in [1.54, 1.807) is 38.1 Å². The first-order chi connectivity index (χ1) is 15.5. The van der Waals surface area contributed by atoms with Gasteiger partial charge in [0, 0.05) is 32.5 Å². The molecule has 1 aliphatic heterocycles. The predicted molar refractivity (Wildman–Crippen MR) is 114 cm³/mol. The van der Waals surface area contributed by atoms with Gasteiger partial charge in [0.15, 0.2) is 5.82 Å². The Bertz CT molecular complexity index is 1160. The summed E-state index contributed by atoms with van der Waals surface area (Å²) < 4.78 is 5.47. The summed E-state index contributed by atoms with van der Waals surface area (Å²) in [5, 5.41) is 29.3. The molecule has 3 aromatic rings. The number of aryl methyl sites for hydroxylation is 2. The van der Waals surface area contributed by atoms with Crippen molar-refractivity contribution in [3.63, 3.8) is 0 Å². The highest BCUT2D eigenvalue weighted by molar-refractivity contribution is 5.92. The lowest BCUT2D eigenvalue weighted by molar-refractivity contribution is -0.127. The molecule has 1 amide bonds. The van der Waals surface area contributed by atoms with Crippen molar-refractivity contribution in [3.05, 3.63) is 58.6 Å². The molecule has 0 atom stereocenters. The van der Waals surface area contributed by atoms with Crippen LogP contribution >= 0.6 is 0 Å². The molecule has 32 heavy (non-hydrogen) atoms. The fraction of sp³-hybridized carbons (Fsp3) is 0.409. The third kappa shape index (κ3) is 5.24. The molecule has 1 aromatic carbocycles. The van der Waals surface area contributed by atoms with Crippen LogP contribution in [0.3, 0.4) is 0 Å². The number of carbonyl (C=O) groups is 1. The normalized spacial score (nSPS) is 14.7. The van der Waals surface area contributed by atoms with Crippen LogP contribution in [0.5, 0.6) is 0 Å². The summed E-state index contributed by atoms with van der Waals surface area (Å²) in [4.78, 5) is 16.1. The summed E-state index contributed by atoms with van der Waals surface area (Å²) in [6, 6.07) is 7.50. The molecule has 0 N–H and O–H groups in total. The predicted octanol–water partition coefficient (Wildman–Crippen LogP) is 2.09. The van der Waals surface area contributed by atoms with Crippen molar-refractivity contribution in [2.24, 2.45) is 5.92 Å². The van der Waals surface area contributed by atoms with Gasteiger partial charge in [-0.05, 0) is 60.2 Å². The number of nitriles is 1. The van der Waals surface area contributed by atoms with Crippen LogP contribution in [-0.2, 0) is 17.8 Å². The van der Waals surface area contributed by atoms with Crippen LogP contribution in [0.1, 0.15) is 47.1 Å². The van der Waals surface area contributed by atoms with E-state index in [-0.39, 0.29) is 5.91 Å². The fourth-order valence-electron chi connectivity index (χ4n) is 3.81. The maximum Gasteiger partial charge on any atom is 0.246 e. The second kappa shape index (κ2) is 9.51. The van der Waals surface area contributed by atoms with Gasteiger partial charge in [0.2, 0.25) is 17.7 Å². The SMILES string of the molecule is Cc1nnn(Cc2cc(C#N)ccc2/C=C/C(=O)N2CCC(Cc3nnc(C)o3)CC2)n1. The highest BCUT2D eigenvalue weighted by Gasteiger charge is 2.23. The third-order valence-electron chi connectivity index (χ3n) is 5.50.